The molecule has 0 aromatic carbocycles. The fraction of sp³-hybridized carbons (Fsp3) is 0.667. The van der Waals surface area contributed by atoms with Crippen LogP contribution in [0.15, 0.2) is 17.5 Å². The van der Waals surface area contributed by atoms with Crippen molar-refractivity contribution in [3.8, 4) is 0 Å². The molecule has 1 aromatic heterocycles. The van der Waals surface area contributed by atoms with Gasteiger partial charge in [-0.25, -0.2) is 0 Å². The number of hydrogen-bond acceptors (Lipinski definition) is 4. The molecule has 3 aliphatic rings. The SMILES string of the molecule is CC(C1CCCO1)N1C(=O)C2(CC2)NC1c1cccs1. The maximum atomic E-state index is 12.8. The van der Waals surface area contributed by atoms with Gasteiger partial charge in [0.2, 0.25) is 5.91 Å². The number of nitrogens with one attached hydrogen (secondary N) is 1. The molecule has 108 valence electrons. The van der Waals surface area contributed by atoms with Gasteiger partial charge in [0.05, 0.1) is 12.1 Å². The van der Waals surface area contributed by atoms with Crippen LogP contribution < -0.4 is 5.32 Å². The van der Waals surface area contributed by atoms with E-state index in [1.807, 2.05) is 0 Å². The van der Waals surface area contributed by atoms with Crippen LogP contribution in [0.25, 0.3) is 0 Å². The van der Waals surface area contributed by atoms with E-state index in [0.29, 0.717) is 0 Å². The molecule has 2 aliphatic heterocycles. The molecule has 3 atom stereocenters. The van der Waals surface area contributed by atoms with Gasteiger partial charge in [-0.15, -0.1) is 11.3 Å². The summed E-state index contributed by atoms with van der Waals surface area (Å²) in [4.78, 5) is 16.1. The van der Waals surface area contributed by atoms with Crippen molar-refractivity contribution in [1.29, 1.82) is 0 Å². The average molecular weight is 292 g/mol. The minimum Gasteiger partial charge on any atom is -0.376 e. The molecule has 3 fully saturated rings. The highest BCUT2D eigenvalue weighted by atomic mass is 32.1. The molecule has 2 saturated heterocycles. The summed E-state index contributed by atoms with van der Waals surface area (Å²) in [5.74, 6) is 0.277. The van der Waals surface area contributed by atoms with Gasteiger partial charge in [0.25, 0.3) is 0 Å². The first-order chi connectivity index (χ1) is 9.71. The summed E-state index contributed by atoms with van der Waals surface area (Å²) >= 11 is 1.72. The lowest BCUT2D eigenvalue weighted by molar-refractivity contribution is -0.135. The predicted molar refractivity (Wildman–Crippen MR) is 77.4 cm³/mol. The molecule has 4 nitrogen and oxygen atoms in total. The Labute approximate surface area is 123 Å². The summed E-state index contributed by atoms with van der Waals surface area (Å²) in [5.41, 5.74) is -0.262. The molecule has 3 unspecified atom stereocenters. The van der Waals surface area contributed by atoms with Crippen LogP contribution in [0.4, 0.5) is 0 Å². The molecule has 0 bridgehead atoms. The van der Waals surface area contributed by atoms with E-state index in [0.717, 1.165) is 32.3 Å². The standard InChI is InChI=1S/C15H20N2O2S/c1-10(11-4-2-8-19-11)17-13(12-5-3-9-20-12)16-15(6-7-15)14(17)18/h3,5,9-11,13,16H,2,4,6-8H2,1H3. The van der Waals surface area contributed by atoms with Gasteiger partial charge >= 0.3 is 0 Å². The van der Waals surface area contributed by atoms with Gasteiger partial charge in [-0.05, 0) is 44.1 Å². The Kier molecular flexibility index (Phi) is 2.91. The number of amides is 1. The van der Waals surface area contributed by atoms with E-state index in [4.69, 9.17) is 4.74 Å². The van der Waals surface area contributed by atoms with Crippen molar-refractivity contribution in [2.24, 2.45) is 0 Å². The fourth-order valence-corrected chi connectivity index (χ4v) is 4.25. The molecule has 20 heavy (non-hydrogen) atoms. The van der Waals surface area contributed by atoms with Crippen LogP contribution in [0.1, 0.15) is 43.6 Å². The molecule has 4 rings (SSSR count). The molecule has 3 heterocycles. The number of carbonyl (C=O) groups is 1. The highest BCUT2D eigenvalue weighted by Gasteiger charge is 2.61. The first kappa shape index (κ1) is 12.8. The van der Waals surface area contributed by atoms with Crippen LogP contribution in [0.2, 0.25) is 0 Å². The zero-order valence-electron chi connectivity index (χ0n) is 11.7. The van der Waals surface area contributed by atoms with Crippen LogP contribution in [0, 0.1) is 0 Å². The second-order valence-electron chi connectivity index (χ2n) is 6.15. The van der Waals surface area contributed by atoms with Crippen molar-refractivity contribution >= 4 is 17.2 Å². The Morgan fingerprint density at radius 1 is 1.55 bits per heavy atom. The number of rotatable bonds is 3. The maximum absolute atomic E-state index is 12.8. The van der Waals surface area contributed by atoms with E-state index in [2.05, 4.69) is 34.7 Å². The number of ether oxygens (including phenoxy) is 1. The Bertz CT molecular complexity index is 506. The van der Waals surface area contributed by atoms with Crippen molar-refractivity contribution in [2.45, 2.75) is 56.5 Å². The second-order valence-corrected chi connectivity index (χ2v) is 7.13. The lowest BCUT2D eigenvalue weighted by Gasteiger charge is -2.33. The number of thiophene rings is 1. The Morgan fingerprint density at radius 2 is 2.40 bits per heavy atom. The summed E-state index contributed by atoms with van der Waals surface area (Å²) < 4.78 is 5.81. The number of carbonyl (C=O) groups excluding carboxylic acids is 1. The van der Waals surface area contributed by atoms with Gasteiger partial charge in [0, 0.05) is 11.5 Å². The summed E-state index contributed by atoms with van der Waals surface area (Å²) in [7, 11) is 0. The van der Waals surface area contributed by atoms with Crippen LogP contribution >= 0.6 is 11.3 Å². The van der Waals surface area contributed by atoms with Crippen LogP contribution in [-0.2, 0) is 9.53 Å². The largest absolute Gasteiger partial charge is 0.376 e. The third-order valence-electron chi connectivity index (χ3n) is 4.84. The zero-order chi connectivity index (χ0) is 13.7. The summed E-state index contributed by atoms with van der Waals surface area (Å²) in [6, 6.07) is 4.31. The number of hydrogen-bond donors (Lipinski definition) is 1. The molecule has 1 N–H and O–H groups in total. The Balaban J connectivity index is 1.64. The zero-order valence-corrected chi connectivity index (χ0v) is 12.5. The number of nitrogens with zero attached hydrogens (tertiary/aromatic N) is 1. The lowest BCUT2D eigenvalue weighted by Crippen LogP contribution is -2.45. The smallest absolute Gasteiger partial charge is 0.244 e. The van der Waals surface area contributed by atoms with Crippen molar-refractivity contribution < 1.29 is 9.53 Å². The van der Waals surface area contributed by atoms with Gasteiger partial charge in [-0.3, -0.25) is 10.1 Å². The van der Waals surface area contributed by atoms with Crippen LogP contribution in [0.3, 0.4) is 0 Å². The van der Waals surface area contributed by atoms with Crippen LogP contribution in [0.5, 0.6) is 0 Å². The van der Waals surface area contributed by atoms with Gasteiger partial charge in [0.1, 0.15) is 11.7 Å². The highest BCUT2D eigenvalue weighted by Crippen LogP contribution is 2.48. The lowest BCUT2D eigenvalue weighted by atomic mass is 10.1. The van der Waals surface area contributed by atoms with Crippen LogP contribution in [-0.4, -0.2) is 35.1 Å². The first-order valence-electron chi connectivity index (χ1n) is 7.47. The Hall–Kier alpha value is -0.910. The molecule has 1 aromatic rings. The van der Waals surface area contributed by atoms with Gasteiger partial charge in [0.15, 0.2) is 0 Å². The van der Waals surface area contributed by atoms with Gasteiger partial charge in [-0.2, -0.15) is 0 Å². The van der Waals surface area contributed by atoms with Crippen molar-refractivity contribution in [1.82, 2.24) is 10.2 Å². The van der Waals surface area contributed by atoms with Gasteiger partial charge < -0.3 is 9.64 Å². The molecular formula is C15H20N2O2S. The minimum atomic E-state index is -0.262. The molecule has 1 spiro atoms. The van der Waals surface area contributed by atoms with Crippen molar-refractivity contribution in [2.75, 3.05) is 6.61 Å². The van der Waals surface area contributed by atoms with E-state index in [1.54, 1.807) is 11.3 Å². The average Bonchev–Trinajstić information content (AvgIpc) is 2.92. The summed E-state index contributed by atoms with van der Waals surface area (Å²) in [6.45, 7) is 2.97. The predicted octanol–water partition coefficient (Wildman–Crippen LogP) is 2.28. The highest BCUT2D eigenvalue weighted by molar-refractivity contribution is 7.10. The van der Waals surface area contributed by atoms with E-state index in [9.17, 15) is 4.79 Å². The fourth-order valence-electron chi connectivity index (χ4n) is 3.48. The van der Waals surface area contributed by atoms with Gasteiger partial charge in [-0.1, -0.05) is 6.07 Å². The summed E-state index contributed by atoms with van der Waals surface area (Å²) in [5, 5.41) is 5.66. The molecule has 1 aliphatic carbocycles. The normalized spacial score (nSPS) is 33.0. The maximum Gasteiger partial charge on any atom is 0.244 e. The third kappa shape index (κ3) is 1.84. The molecule has 1 amide bonds. The second kappa shape index (κ2) is 4.55. The van der Waals surface area contributed by atoms with E-state index >= 15 is 0 Å². The third-order valence-corrected chi connectivity index (χ3v) is 5.76. The van der Waals surface area contributed by atoms with E-state index < -0.39 is 0 Å². The topological polar surface area (TPSA) is 41.6 Å². The van der Waals surface area contributed by atoms with E-state index in [1.165, 1.54) is 4.88 Å². The molecule has 0 radical (unpaired) electrons. The van der Waals surface area contributed by atoms with E-state index in [-0.39, 0.29) is 29.8 Å². The monoisotopic (exact) mass is 292 g/mol. The quantitative estimate of drug-likeness (QED) is 0.929. The first-order valence-corrected chi connectivity index (χ1v) is 8.35. The van der Waals surface area contributed by atoms with Crippen molar-refractivity contribution in [3.05, 3.63) is 22.4 Å². The van der Waals surface area contributed by atoms with Crippen molar-refractivity contribution in [3.63, 3.8) is 0 Å². The molecular weight excluding hydrogens is 272 g/mol. The Morgan fingerprint density at radius 3 is 3.00 bits per heavy atom. The minimum absolute atomic E-state index is 0.0317. The molecule has 1 saturated carbocycles. The summed E-state index contributed by atoms with van der Waals surface area (Å²) in [6.07, 6.45) is 4.35. The molecule has 5 heteroatoms.